The molecule has 0 aliphatic carbocycles. The molecule has 0 radical (unpaired) electrons. The minimum absolute atomic E-state index is 0.397. The van der Waals surface area contributed by atoms with Crippen LogP contribution in [-0.2, 0) is 4.74 Å². The molecule has 0 aliphatic heterocycles. The molecule has 3 rings (SSSR count). The largest absolute Gasteiger partial charge is 0.497 e. The molecule has 3 aromatic rings. The van der Waals surface area contributed by atoms with Gasteiger partial charge in [-0.05, 0) is 42.5 Å². The maximum Gasteiger partial charge on any atom is 0.337 e. The van der Waals surface area contributed by atoms with E-state index in [-0.39, 0.29) is 0 Å². The van der Waals surface area contributed by atoms with E-state index in [2.05, 4.69) is 4.98 Å². The second-order valence-corrected chi connectivity index (χ2v) is 4.42. The molecular weight excluding hydrogens is 270 g/mol. The SMILES string of the molecule is COC(=O)c1ccc2oc(-c3ccc(OC)cc3)nc2c1. The van der Waals surface area contributed by atoms with Crippen molar-refractivity contribution in [1.29, 1.82) is 0 Å². The van der Waals surface area contributed by atoms with E-state index in [1.54, 1.807) is 25.3 Å². The van der Waals surface area contributed by atoms with Crippen molar-refractivity contribution in [3.8, 4) is 17.2 Å². The second kappa shape index (κ2) is 5.28. The topological polar surface area (TPSA) is 61.6 Å². The van der Waals surface area contributed by atoms with E-state index in [0.717, 1.165) is 11.3 Å². The molecule has 0 unspecified atom stereocenters. The summed E-state index contributed by atoms with van der Waals surface area (Å²) in [4.78, 5) is 15.9. The van der Waals surface area contributed by atoms with Gasteiger partial charge in [-0.2, -0.15) is 0 Å². The van der Waals surface area contributed by atoms with Gasteiger partial charge in [-0.3, -0.25) is 0 Å². The Kier molecular flexibility index (Phi) is 3.31. The molecule has 0 N–H and O–H groups in total. The first-order chi connectivity index (χ1) is 10.2. The molecule has 0 amide bonds. The molecule has 0 saturated heterocycles. The third kappa shape index (κ3) is 2.45. The summed E-state index contributed by atoms with van der Waals surface area (Å²) >= 11 is 0. The van der Waals surface area contributed by atoms with Crippen molar-refractivity contribution >= 4 is 17.1 Å². The molecule has 1 aromatic heterocycles. The fraction of sp³-hybridized carbons (Fsp3) is 0.125. The van der Waals surface area contributed by atoms with Gasteiger partial charge >= 0.3 is 5.97 Å². The maximum atomic E-state index is 11.5. The number of benzene rings is 2. The van der Waals surface area contributed by atoms with Crippen molar-refractivity contribution < 1.29 is 18.7 Å². The van der Waals surface area contributed by atoms with Gasteiger partial charge in [0.2, 0.25) is 5.89 Å². The van der Waals surface area contributed by atoms with Gasteiger partial charge in [-0.15, -0.1) is 0 Å². The first kappa shape index (κ1) is 13.2. The van der Waals surface area contributed by atoms with Crippen molar-refractivity contribution in [2.75, 3.05) is 14.2 Å². The number of fused-ring (bicyclic) bond motifs is 1. The minimum atomic E-state index is -0.397. The Morgan fingerprint density at radius 3 is 2.52 bits per heavy atom. The maximum absolute atomic E-state index is 11.5. The number of carbonyl (C=O) groups excluding carboxylic acids is 1. The molecule has 0 spiro atoms. The number of hydrogen-bond acceptors (Lipinski definition) is 5. The van der Waals surface area contributed by atoms with Gasteiger partial charge in [-0.1, -0.05) is 0 Å². The van der Waals surface area contributed by atoms with Crippen molar-refractivity contribution in [1.82, 2.24) is 4.98 Å². The Morgan fingerprint density at radius 1 is 1.10 bits per heavy atom. The van der Waals surface area contributed by atoms with Crippen molar-refractivity contribution in [3.63, 3.8) is 0 Å². The summed E-state index contributed by atoms with van der Waals surface area (Å²) in [5.74, 6) is 0.864. The van der Waals surface area contributed by atoms with E-state index in [9.17, 15) is 4.79 Å². The summed E-state index contributed by atoms with van der Waals surface area (Å²) in [6.07, 6.45) is 0. The molecule has 0 saturated carbocycles. The molecule has 0 aliphatic rings. The van der Waals surface area contributed by atoms with Gasteiger partial charge in [0, 0.05) is 5.56 Å². The van der Waals surface area contributed by atoms with Crippen LogP contribution in [0.15, 0.2) is 46.9 Å². The highest BCUT2D eigenvalue weighted by atomic mass is 16.5. The first-order valence-corrected chi connectivity index (χ1v) is 6.34. The molecule has 5 heteroatoms. The van der Waals surface area contributed by atoms with Crippen LogP contribution >= 0.6 is 0 Å². The van der Waals surface area contributed by atoms with Gasteiger partial charge in [0.15, 0.2) is 5.58 Å². The Hall–Kier alpha value is -2.82. The van der Waals surface area contributed by atoms with E-state index in [4.69, 9.17) is 13.9 Å². The Labute approximate surface area is 121 Å². The Balaban J connectivity index is 2.01. The zero-order chi connectivity index (χ0) is 14.8. The predicted molar refractivity (Wildman–Crippen MR) is 77.3 cm³/mol. The van der Waals surface area contributed by atoms with Crippen molar-refractivity contribution in [2.24, 2.45) is 0 Å². The first-order valence-electron chi connectivity index (χ1n) is 6.34. The number of rotatable bonds is 3. The number of oxazole rings is 1. The number of hydrogen-bond donors (Lipinski definition) is 0. The van der Waals surface area contributed by atoms with Crippen LogP contribution in [0.4, 0.5) is 0 Å². The van der Waals surface area contributed by atoms with Gasteiger partial charge < -0.3 is 13.9 Å². The standard InChI is InChI=1S/C16H13NO4/c1-19-12-6-3-10(4-7-12)15-17-13-9-11(16(18)20-2)5-8-14(13)21-15/h3-9H,1-2H3. The summed E-state index contributed by atoms with van der Waals surface area (Å²) in [5.41, 5.74) is 2.52. The highest BCUT2D eigenvalue weighted by Gasteiger charge is 2.12. The van der Waals surface area contributed by atoms with Crippen molar-refractivity contribution in [2.45, 2.75) is 0 Å². The molecule has 5 nitrogen and oxygen atoms in total. The number of esters is 1. The van der Waals surface area contributed by atoms with Gasteiger partial charge in [0.1, 0.15) is 11.3 Å². The van der Waals surface area contributed by atoms with E-state index in [1.165, 1.54) is 7.11 Å². The molecule has 0 bridgehead atoms. The molecule has 106 valence electrons. The summed E-state index contributed by atoms with van der Waals surface area (Å²) in [6.45, 7) is 0. The highest BCUT2D eigenvalue weighted by Crippen LogP contribution is 2.26. The zero-order valence-electron chi connectivity index (χ0n) is 11.6. The zero-order valence-corrected chi connectivity index (χ0v) is 11.6. The molecule has 2 aromatic carbocycles. The smallest absolute Gasteiger partial charge is 0.337 e. The van der Waals surface area contributed by atoms with E-state index in [0.29, 0.717) is 22.6 Å². The summed E-state index contributed by atoms with van der Waals surface area (Å²) in [6, 6.07) is 12.4. The average Bonchev–Trinajstić information content (AvgIpc) is 2.97. The minimum Gasteiger partial charge on any atom is -0.497 e. The number of nitrogens with zero attached hydrogens (tertiary/aromatic N) is 1. The third-order valence-electron chi connectivity index (χ3n) is 3.15. The lowest BCUT2D eigenvalue weighted by atomic mass is 10.2. The number of methoxy groups -OCH3 is 2. The fourth-order valence-electron chi connectivity index (χ4n) is 2.03. The molecule has 1 heterocycles. The average molecular weight is 283 g/mol. The lowest BCUT2D eigenvalue weighted by Crippen LogP contribution is -2.00. The lowest BCUT2D eigenvalue weighted by Gasteiger charge is -1.99. The van der Waals surface area contributed by atoms with Crippen LogP contribution in [0.2, 0.25) is 0 Å². The van der Waals surface area contributed by atoms with E-state index >= 15 is 0 Å². The molecule has 0 fully saturated rings. The Bertz CT molecular complexity index is 790. The number of ether oxygens (including phenoxy) is 2. The quantitative estimate of drug-likeness (QED) is 0.690. The molecular formula is C16H13NO4. The van der Waals surface area contributed by atoms with Crippen LogP contribution < -0.4 is 4.74 Å². The predicted octanol–water partition coefficient (Wildman–Crippen LogP) is 3.29. The van der Waals surface area contributed by atoms with Gasteiger partial charge in [-0.25, -0.2) is 9.78 Å². The molecule has 21 heavy (non-hydrogen) atoms. The summed E-state index contributed by atoms with van der Waals surface area (Å²) in [5, 5.41) is 0. The van der Waals surface area contributed by atoms with E-state index < -0.39 is 5.97 Å². The molecule has 0 atom stereocenters. The van der Waals surface area contributed by atoms with Gasteiger partial charge in [0.05, 0.1) is 19.8 Å². The lowest BCUT2D eigenvalue weighted by molar-refractivity contribution is 0.0601. The highest BCUT2D eigenvalue weighted by molar-refractivity contribution is 5.93. The van der Waals surface area contributed by atoms with Crippen LogP contribution in [-0.4, -0.2) is 25.2 Å². The summed E-state index contributed by atoms with van der Waals surface area (Å²) in [7, 11) is 2.96. The van der Waals surface area contributed by atoms with Crippen LogP contribution in [0.1, 0.15) is 10.4 Å². The fourth-order valence-corrected chi connectivity index (χ4v) is 2.03. The Morgan fingerprint density at radius 2 is 1.86 bits per heavy atom. The second-order valence-electron chi connectivity index (χ2n) is 4.42. The third-order valence-corrected chi connectivity index (χ3v) is 3.15. The van der Waals surface area contributed by atoms with Gasteiger partial charge in [0.25, 0.3) is 0 Å². The van der Waals surface area contributed by atoms with Crippen LogP contribution in [0.25, 0.3) is 22.6 Å². The number of carbonyl (C=O) groups is 1. The summed E-state index contributed by atoms with van der Waals surface area (Å²) < 4.78 is 15.5. The van der Waals surface area contributed by atoms with Crippen molar-refractivity contribution in [3.05, 3.63) is 48.0 Å². The normalized spacial score (nSPS) is 10.6. The number of aromatic nitrogens is 1. The van der Waals surface area contributed by atoms with E-state index in [1.807, 2.05) is 24.3 Å². The van der Waals surface area contributed by atoms with Crippen LogP contribution in [0.5, 0.6) is 5.75 Å². The monoisotopic (exact) mass is 283 g/mol. The van der Waals surface area contributed by atoms with Crippen LogP contribution in [0.3, 0.4) is 0 Å². The van der Waals surface area contributed by atoms with Crippen LogP contribution in [0, 0.1) is 0 Å².